The van der Waals surface area contributed by atoms with Gasteiger partial charge in [0.15, 0.2) is 0 Å². The Morgan fingerprint density at radius 1 is 1.12 bits per heavy atom. The van der Waals surface area contributed by atoms with E-state index in [1.165, 1.54) is 24.3 Å². The van der Waals surface area contributed by atoms with Crippen molar-refractivity contribution in [3.8, 4) is 5.75 Å². The van der Waals surface area contributed by atoms with Crippen LogP contribution < -0.4 is 4.74 Å². The summed E-state index contributed by atoms with van der Waals surface area (Å²) in [6.45, 7) is 0. The highest BCUT2D eigenvalue weighted by Crippen LogP contribution is 2.22. The van der Waals surface area contributed by atoms with Crippen molar-refractivity contribution in [2.75, 3.05) is 0 Å². The van der Waals surface area contributed by atoms with Crippen molar-refractivity contribution < 1.29 is 28.0 Å². The van der Waals surface area contributed by atoms with Gasteiger partial charge in [-0.05, 0) is 30.4 Å². The van der Waals surface area contributed by atoms with Gasteiger partial charge in [-0.3, -0.25) is 0 Å². The van der Waals surface area contributed by atoms with E-state index in [0.29, 0.717) is 12.0 Å². The highest BCUT2D eigenvalue weighted by atomic mass is 19.4. The van der Waals surface area contributed by atoms with Crippen LogP contribution in [0, 0.1) is 0 Å². The summed E-state index contributed by atoms with van der Waals surface area (Å²) >= 11 is 0. The summed E-state index contributed by atoms with van der Waals surface area (Å²) in [5, 5.41) is 17.2. The van der Waals surface area contributed by atoms with Gasteiger partial charge in [0.1, 0.15) is 5.75 Å². The molecule has 2 N–H and O–H groups in total. The van der Waals surface area contributed by atoms with Gasteiger partial charge in [-0.25, -0.2) is 0 Å². The van der Waals surface area contributed by atoms with E-state index in [0.717, 1.165) is 0 Å². The number of rotatable bonds is 4. The standard InChI is InChI=1S/C9H10BF3O3/c11-9(12,13)16-8-3-1-7(2-4-8)5-6-10(14)15/h1-4,14-15H,5-6H2. The minimum absolute atomic E-state index is 0.138. The Hall–Kier alpha value is -1.21. The number of halogens is 3. The maximum Gasteiger partial charge on any atom is 0.573 e. The van der Waals surface area contributed by atoms with E-state index in [-0.39, 0.29) is 12.1 Å². The molecule has 88 valence electrons. The molecule has 0 radical (unpaired) electrons. The summed E-state index contributed by atoms with van der Waals surface area (Å²) in [4.78, 5) is 0. The number of hydrogen-bond donors (Lipinski definition) is 2. The van der Waals surface area contributed by atoms with Crippen LogP contribution in [-0.4, -0.2) is 23.5 Å². The molecular formula is C9H10BF3O3. The number of ether oxygens (including phenoxy) is 1. The quantitative estimate of drug-likeness (QED) is 0.778. The molecule has 0 aromatic heterocycles. The normalized spacial score (nSPS) is 11.3. The van der Waals surface area contributed by atoms with E-state index in [1.54, 1.807) is 0 Å². The minimum Gasteiger partial charge on any atom is -0.427 e. The third-order valence-corrected chi connectivity index (χ3v) is 1.85. The van der Waals surface area contributed by atoms with Gasteiger partial charge in [0.25, 0.3) is 0 Å². The van der Waals surface area contributed by atoms with Gasteiger partial charge >= 0.3 is 13.5 Å². The van der Waals surface area contributed by atoms with Crippen LogP contribution in [-0.2, 0) is 6.42 Å². The zero-order chi connectivity index (χ0) is 12.2. The topological polar surface area (TPSA) is 49.7 Å². The molecule has 1 aromatic rings. The highest BCUT2D eigenvalue weighted by molar-refractivity contribution is 6.40. The first-order valence-electron chi connectivity index (χ1n) is 4.57. The van der Waals surface area contributed by atoms with Crippen LogP contribution in [0.25, 0.3) is 0 Å². The largest absolute Gasteiger partial charge is 0.573 e. The number of aryl methyl sites for hydroxylation is 1. The second-order valence-electron chi connectivity index (χ2n) is 3.21. The first-order chi connectivity index (χ1) is 7.37. The molecule has 0 aliphatic rings. The van der Waals surface area contributed by atoms with Crippen LogP contribution in [0.15, 0.2) is 24.3 Å². The van der Waals surface area contributed by atoms with Crippen molar-refractivity contribution in [3.63, 3.8) is 0 Å². The van der Waals surface area contributed by atoms with E-state index >= 15 is 0 Å². The Morgan fingerprint density at radius 3 is 2.12 bits per heavy atom. The Kier molecular flexibility index (Phi) is 4.20. The van der Waals surface area contributed by atoms with E-state index in [1.807, 2.05) is 0 Å². The minimum atomic E-state index is -4.69. The van der Waals surface area contributed by atoms with Crippen LogP contribution in [0.1, 0.15) is 5.56 Å². The van der Waals surface area contributed by atoms with Gasteiger partial charge in [-0.15, -0.1) is 13.2 Å². The Morgan fingerprint density at radius 2 is 1.69 bits per heavy atom. The molecule has 0 bridgehead atoms. The molecule has 0 saturated carbocycles. The van der Waals surface area contributed by atoms with E-state index in [9.17, 15) is 13.2 Å². The SMILES string of the molecule is OB(O)CCc1ccc(OC(F)(F)F)cc1. The van der Waals surface area contributed by atoms with Gasteiger partial charge in [-0.1, -0.05) is 12.1 Å². The lowest BCUT2D eigenvalue weighted by atomic mass is 9.83. The molecule has 0 saturated heterocycles. The van der Waals surface area contributed by atoms with Crippen molar-refractivity contribution in [2.24, 2.45) is 0 Å². The fourth-order valence-electron chi connectivity index (χ4n) is 1.15. The van der Waals surface area contributed by atoms with E-state index < -0.39 is 13.5 Å². The summed E-state index contributed by atoms with van der Waals surface area (Å²) < 4.78 is 39.1. The molecule has 0 aliphatic carbocycles. The molecule has 1 aromatic carbocycles. The Labute approximate surface area is 90.6 Å². The predicted molar refractivity (Wildman–Crippen MR) is 51.8 cm³/mol. The Balaban J connectivity index is 2.54. The molecule has 16 heavy (non-hydrogen) atoms. The third-order valence-electron chi connectivity index (χ3n) is 1.85. The number of alkyl halides is 3. The highest BCUT2D eigenvalue weighted by Gasteiger charge is 2.30. The smallest absolute Gasteiger partial charge is 0.427 e. The summed E-state index contributed by atoms with van der Waals surface area (Å²) in [5.41, 5.74) is 0.711. The number of benzene rings is 1. The molecule has 0 spiro atoms. The molecule has 0 fully saturated rings. The van der Waals surface area contributed by atoms with E-state index in [2.05, 4.69) is 4.74 Å². The van der Waals surface area contributed by atoms with Crippen molar-refractivity contribution in [3.05, 3.63) is 29.8 Å². The molecule has 0 aliphatic heterocycles. The van der Waals surface area contributed by atoms with Gasteiger partial charge in [0.05, 0.1) is 0 Å². The van der Waals surface area contributed by atoms with Crippen molar-refractivity contribution >= 4 is 7.12 Å². The van der Waals surface area contributed by atoms with E-state index in [4.69, 9.17) is 10.0 Å². The van der Waals surface area contributed by atoms with Crippen molar-refractivity contribution in [1.29, 1.82) is 0 Å². The maximum absolute atomic E-state index is 11.8. The Bertz CT molecular complexity index is 324. The summed E-state index contributed by atoms with van der Waals surface area (Å²) in [6.07, 6.45) is -4.17. The van der Waals surface area contributed by atoms with Crippen LogP contribution in [0.5, 0.6) is 5.75 Å². The summed E-state index contributed by atoms with van der Waals surface area (Å²) in [7, 11) is -1.41. The lowest BCUT2D eigenvalue weighted by Crippen LogP contribution is -2.17. The average molecular weight is 234 g/mol. The number of hydrogen-bond acceptors (Lipinski definition) is 3. The fraction of sp³-hybridized carbons (Fsp3) is 0.333. The summed E-state index contributed by atoms with van der Waals surface area (Å²) in [6, 6.07) is 5.27. The molecular weight excluding hydrogens is 224 g/mol. The van der Waals surface area contributed by atoms with Gasteiger partial charge in [0.2, 0.25) is 0 Å². The lowest BCUT2D eigenvalue weighted by Gasteiger charge is -2.09. The molecule has 0 amide bonds. The monoisotopic (exact) mass is 234 g/mol. The average Bonchev–Trinajstić information content (AvgIpc) is 2.14. The van der Waals surface area contributed by atoms with Gasteiger partial charge in [-0.2, -0.15) is 0 Å². The van der Waals surface area contributed by atoms with Crippen LogP contribution in [0.2, 0.25) is 6.32 Å². The lowest BCUT2D eigenvalue weighted by molar-refractivity contribution is -0.274. The molecule has 1 rings (SSSR count). The molecule has 0 heterocycles. The van der Waals surface area contributed by atoms with Crippen LogP contribution >= 0.6 is 0 Å². The second kappa shape index (κ2) is 5.22. The van der Waals surface area contributed by atoms with Crippen LogP contribution in [0.4, 0.5) is 13.2 Å². The fourth-order valence-corrected chi connectivity index (χ4v) is 1.15. The summed E-state index contributed by atoms with van der Waals surface area (Å²) in [5.74, 6) is -0.291. The molecule has 3 nitrogen and oxygen atoms in total. The first kappa shape index (κ1) is 12.9. The predicted octanol–water partition coefficient (Wildman–Crippen LogP) is 1.60. The van der Waals surface area contributed by atoms with Gasteiger partial charge in [0, 0.05) is 0 Å². The van der Waals surface area contributed by atoms with Gasteiger partial charge < -0.3 is 14.8 Å². The third kappa shape index (κ3) is 5.04. The molecule has 0 unspecified atom stereocenters. The van der Waals surface area contributed by atoms with Crippen molar-refractivity contribution in [2.45, 2.75) is 19.1 Å². The molecule has 0 atom stereocenters. The van der Waals surface area contributed by atoms with Crippen molar-refractivity contribution in [1.82, 2.24) is 0 Å². The zero-order valence-corrected chi connectivity index (χ0v) is 8.24. The molecule has 7 heteroatoms. The maximum atomic E-state index is 11.8. The second-order valence-corrected chi connectivity index (χ2v) is 3.21. The zero-order valence-electron chi connectivity index (χ0n) is 8.24. The van der Waals surface area contributed by atoms with Crippen LogP contribution in [0.3, 0.4) is 0 Å². The first-order valence-corrected chi connectivity index (χ1v) is 4.57.